The van der Waals surface area contributed by atoms with Gasteiger partial charge in [0, 0.05) is 12.3 Å². The van der Waals surface area contributed by atoms with Crippen LogP contribution in [-0.4, -0.2) is 42.5 Å². The van der Waals surface area contributed by atoms with Crippen LogP contribution >= 0.6 is 23.4 Å². The molecular weight excluding hydrogens is 360 g/mol. The van der Waals surface area contributed by atoms with Crippen molar-refractivity contribution in [3.05, 3.63) is 29.0 Å². The number of sulfonamides is 1. The van der Waals surface area contributed by atoms with Crippen molar-refractivity contribution < 1.29 is 13.2 Å². The molecule has 0 saturated heterocycles. The van der Waals surface area contributed by atoms with E-state index in [4.69, 9.17) is 16.3 Å². The molecule has 7 nitrogen and oxygen atoms in total. The molecule has 1 aromatic carbocycles. The van der Waals surface area contributed by atoms with Crippen molar-refractivity contribution in [3.8, 4) is 5.75 Å². The Balaban J connectivity index is 1.92. The molecule has 0 unspecified atom stereocenters. The molecule has 1 aromatic heterocycles. The molecule has 2 rings (SSSR count). The molecule has 10 heteroatoms. The minimum absolute atomic E-state index is 0.102. The number of nitrogens with zero attached hydrogens (tertiary/aromatic N) is 2. The van der Waals surface area contributed by atoms with Crippen LogP contribution < -0.4 is 9.46 Å². The maximum absolute atomic E-state index is 12.2. The summed E-state index contributed by atoms with van der Waals surface area (Å²) in [4.78, 5) is 4.23. The lowest BCUT2D eigenvalue weighted by Crippen LogP contribution is -2.26. The Morgan fingerprint density at radius 3 is 2.83 bits per heavy atom. The lowest BCUT2D eigenvalue weighted by Gasteiger charge is -2.09. The van der Waals surface area contributed by atoms with Crippen LogP contribution in [0, 0.1) is 6.92 Å². The van der Waals surface area contributed by atoms with Crippen molar-refractivity contribution in [2.45, 2.75) is 23.9 Å². The van der Waals surface area contributed by atoms with Crippen LogP contribution in [0.3, 0.4) is 0 Å². The Bertz CT molecular complexity index is 764. The quantitative estimate of drug-likeness (QED) is 0.541. The number of halogens is 1. The molecule has 126 valence electrons. The minimum atomic E-state index is -3.62. The molecule has 1 heterocycles. The summed E-state index contributed by atoms with van der Waals surface area (Å²) in [5.74, 6) is 1.70. The van der Waals surface area contributed by atoms with E-state index in [1.165, 1.54) is 23.9 Å². The number of nitrogens with one attached hydrogen (secondary N) is 2. The summed E-state index contributed by atoms with van der Waals surface area (Å²) in [6.45, 7) is 4.35. The van der Waals surface area contributed by atoms with Crippen molar-refractivity contribution >= 4 is 33.4 Å². The first-order valence-corrected chi connectivity index (χ1v) is 9.71. The third kappa shape index (κ3) is 5.10. The second kappa shape index (κ2) is 8.00. The van der Waals surface area contributed by atoms with Gasteiger partial charge in [-0.05, 0) is 32.0 Å². The number of hydrogen-bond acceptors (Lipinski definition) is 6. The van der Waals surface area contributed by atoms with Crippen LogP contribution in [-0.2, 0) is 10.0 Å². The van der Waals surface area contributed by atoms with Gasteiger partial charge in [-0.2, -0.15) is 0 Å². The van der Waals surface area contributed by atoms with Gasteiger partial charge in [-0.15, -0.1) is 5.10 Å². The van der Waals surface area contributed by atoms with Crippen LogP contribution in [0.15, 0.2) is 28.3 Å². The minimum Gasteiger partial charge on any atom is -0.492 e. The zero-order valence-electron chi connectivity index (χ0n) is 12.7. The molecule has 0 spiro atoms. The lowest BCUT2D eigenvalue weighted by atomic mass is 10.3. The molecule has 0 radical (unpaired) electrons. The number of hydrogen-bond donors (Lipinski definition) is 2. The number of rotatable bonds is 8. The Hall–Kier alpha value is -1.29. The van der Waals surface area contributed by atoms with Gasteiger partial charge in [0.25, 0.3) is 0 Å². The first kappa shape index (κ1) is 18.1. The van der Waals surface area contributed by atoms with Crippen molar-refractivity contribution in [2.75, 3.05) is 18.9 Å². The van der Waals surface area contributed by atoms with E-state index in [2.05, 4.69) is 19.9 Å². The molecule has 2 aromatic rings. The predicted octanol–water partition coefficient (Wildman–Crippen LogP) is 2.24. The fourth-order valence-electron chi connectivity index (χ4n) is 1.71. The predicted molar refractivity (Wildman–Crippen MR) is 89.7 cm³/mol. The fraction of sp³-hybridized carbons (Fsp3) is 0.385. The third-order valence-electron chi connectivity index (χ3n) is 2.72. The van der Waals surface area contributed by atoms with Crippen LogP contribution in [0.2, 0.25) is 5.02 Å². The highest BCUT2D eigenvalue weighted by atomic mass is 35.5. The number of aryl methyl sites for hydroxylation is 1. The van der Waals surface area contributed by atoms with E-state index < -0.39 is 10.0 Å². The van der Waals surface area contributed by atoms with E-state index in [0.29, 0.717) is 23.3 Å². The summed E-state index contributed by atoms with van der Waals surface area (Å²) in [5, 5.41) is 7.54. The van der Waals surface area contributed by atoms with Gasteiger partial charge in [0.15, 0.2) is 0 Å². The Morgan fingerprint density at radius 1 is 1.43 bits per heavy atom. The van der Waals surface area contributed by atoms with Gasteiger partial charge >= 0.3 is 0 Å². The second-order valence-corrected chi connectivity index (χ2v) is 7.71. The van der Waals surface area contributed by atoms with Crippen LogP contribution in [0.5, 0.6) is 5.75 Å². The highest BCUT2D eigenvalue weighted by molar-refractivity contribution is 7.99. The third-order valence-corrected chi connectivity index (χ3v) is 5.32. The van der Waals surface area contributed by atoms with E-state index in [9.17, 15) is 8.42 Å². The fourth-order valence-corrected chi connectivity index (χ4v) is 3.89. The average Bonchev–Trinajstić information content (AvgIpc) is 2.91. The van der Waals surface area contributed by atoms with E-state index in [0.717, 1.165) is 5.82 Å². The van der Waals surface area contributed by atoms with Gasteiger partial charge in [0.2, 0.25) is 15.2 Å². The van der Waals surface area contributed by atoms with Gasteiger partial charge in [-0.3, -0.25) is 5.10 Å². The largest absolute Gasteiger partial charge is 0.492 e. The first-order valence-electron chi connectivity index (χ1n) is 6.86. The first-order chi connectivity index (χ1) is 10.9. The van der Waals surface area contributed by atoms with Gasteiger partial charge < -0.3 is 4.74 Å². The van der Waals surface area contributed by atoms with Crippen LogP contribution in [0.1, 0.15) is 12.7 Å². The number of thioether (sulfide) groups is 1. The molecule has 0 atom stereocenters. The molecule has 0 bridgehead atoms. The van der Waals surface area contributed by atoms with Crippen molar-refractivity contribution in [1.29, 1.82) is 0 Å². The van der Waals surface area contributed by atoms with Crippen molar-refractivity contribution in [1.82, 2.24) is 19.9 Å². The summed E-state index contributed by atoms with van der Waals surface area (Å²) < 4.78 is 32.2. The maximum atomic E-state index is 12.2. The summed E-state index contributed by atoms with van der Waals surface area (Å²) >= 11 is 7.38. The maximum Gasteiger partial charge on any atom is 0.240 e. The van der Waals surface area contributed by atoms with Crippen LogP contribution in [0.4, 0.5) is 0 Å². The molecule has 0 amide bonds. The van der Waals surface area contributed by atoms with Gasteiger partial charge in [0.1, 0.15) is 11.6 Å². The van der Waals surface area contributed by atoms with E-state index in [1.54, 1.807) is 13.0 Å². The normalized spacial score (nSPS) is 11.6. The second-order valence-electron chi connectivity index (χ2n) is 4.47. The summed E-state index contributed by atoms with van der Waals surface area (Å²) in [6.07, 6.45) is 0. The highest BCUT2D eigenvalue weighted by Gasteiger charge is 2.15. The Kier molecular flexibility index (Phi) is 6.28. The van der Waals surface area contributed by atoms with Crippen molar-refractivity contribution in [2.24, 2.45) is 0 Å². The molecule has 0 aliphatic carbocycles. The topological polar surface area (TPSA) is 97.0 Å². The molecule has 0 fully saturated rings. The van der Waals surface area contributed by atoms with Gasteiger partial charge in [-0.25, -0.2) is 18.1 Å². The number of ether oxygens (including phenoxy) is 1. The number of H-pyrrole nitrogens is 1. The van der Waals surface area contributed by atoms with Gasteiger partial charge in [-0.1, -0.05) is 23.4 Å². The zero-order valence-corrected chi connectivity index (χ0v) is 15.1. The average molecular weight is 377 g/mol. The van der Waals surface area contributed by atoms with E-state index in [1.807, 2.05) is 6.92 Å². The molecular formula is C13H17ClN4O3S2. The summed E-state index contributed by atoms with van der Waals surface area (Å²) in [7, 11) is -3.62. The van der Waals surface area contributed by atoms with E-state index >= 15 is 0 Å². The smallest absolute Gasteiger partial charge is 0.240 e. The van der Waals surface area contributed by atoms with Crippen molar-refractivity contribution in [3.63, 3.8) is 0 Å². The Labute approximate surface area is 144 Å². The van der Waals surface area contributed by atoms with Gasteiger partial charge in [0.05, 0.1) is 16.5 Å². The molecule has 0 aliphatic heterocycles. The standard InChI is InChI=1S/C13H17ClN4O3S2/c1-3-21-12-5-4-10(8-11(12)14)23(19,20)15-6-7-22-13-16-9(2)17-18-13/h4-5,8,15H,3,6-7H2,1-2H3,(H,16,17,18). The summed E-state index contributed by atoms with van der Waals surface area (Å²) in [5.41, 5.74) is 0. The number of benzene rings is 1. The summed E-state index contributed by atoms with van der Waals surface area (Å²) in [6, 6.07) is 4.39. The monoisotopic (exact) mass is 376 g/mol. The molecule has 0 aliphatic rings. The highest BCUT2D eigenvalue weighted by Crippen LogP contribution is 2.27. The Morgan fingerprint density at radius 2 is 2.22 bits per heavy atom. The number of aromatic nitrogens is 3. The zero-order chi connectivity index (χ0) is 16.9. The lowest BCUT2D eigenvalue weighted by molar-refractivity contribution is 0.340. The molecule has 0 saturated carbocycles. The molecule has 23 heavy (non-hydrogen) atoms. The van der Waals surface area contributed by atoms with E-state index in [-0.39, 0.29) is 16.5 Å². The SMILES string of the molecule is CCOc1ccc(S(=O)(=O)NCCSc2n[nH]c(C)n2)cc1Cl. The van der Waals surface area contributed by atoms with Crippen LogP contribution in [0.25, 0.3) is 0 Å². The number of aromatic amines is 1. The molecule has 2 N–H and O–H groups in total.